The second-order valence-electron chi connectivity index (χ2n) is 5.08. The molecular weight excluding hydrogens is 254 g/mol. The molecule has 0 saturated heterocycles. The highest BCUT2D eigenvalue weighted by Crippen LogP contribution is 2.21. The van der Waals surface area contributed by atoms with Crippen LogP contribution in [0, 0.1) is 6.92 Å². The van der Waals surface area contributed by atoms with Gasteiger partial charge >= 0.3 is 0 Å². The molecule has 1 unspecified atom stereocenters. The lowest BCUT2D eigenvalue weighted by Crippen LogP contribution is -2.11. The lowest BCUT2D eigenvalue weighted by Gasteiger charge is -2.14. The van der Waals surface area contributed by atoms with E-state index in [9.17, 15) is 0 Å². The zero-order valence-corrected chi connectivity index (χ0v) is 12.6. The van der Waals surface area contributed by atoms with E-state index in [0.717, 1.165) is 23.2 Å². The van der Waals surface area contributed by atoms with Crippen LogP contribution in [-0.2, 0) is 0 Å². The lowest BCUT2D eigenvalue weighted by atomic mass is 10.2. The number of aromatic nitrogens is 3. The van der Waals surface area contributed by atoms with E-state index in [1.54, 1.807) is 6.20 Å². The summed E-state index contributed by atoms with van der Waals surface area (Å²) in [7, 11) is 1.84. The first-order chi connectivity index (χ1) is 9.49. The Kier molecular flexibility index (Phi) is 4.22. The number of anilines is 2. The maximum absolute atomic E-state index is 5.52. The van der Waals surface area contributed by atoms with Crippen molar-refractivity contribution in [1.82, 2.24) is 15.0 Å². The number of nitrogens with zero attached hydrogens (tertiary/aromatic N) is 3. The smallest absolute Gasteiger partial charge is 0.216 e. The van der Waals surface area contributed by atoms with E-state index in [4.69, 9.17) is 4.42 Å². The zero-order valence-electron chi connectivity index (χ0n) is 12.6. The minimum atomic E-state index is -0.0525. The maximum Gasteiger partial charge on any atom is 0.216 e. The molecule has 0 spiro atoms. The van der Waals surface area contributed by atoms with Gasteiger partial charge in [0.25, 0.3) is 0 Å². The van der Waals surface area contributed by atoms with Crippen LogP contribution >= 0.6 is 0 Å². The molecule has 0 bridgehead atoms. The molecule has 0 amide bonds. The average molecular weight is 275 g/mol. The Morgan fingerprint density at radius 2 is 1.85 bits per heavy atom. The molecule has 2 N–H and O–H groups in total. The topological polar surface area (TPSA) is 75.9 Å². The molecule has 108 valence electrons. The van der Waals surface area contributed by atoms with Gasteiger partial charge in [0.15, 0.2) is 0 Å². The van der Waals surface area contributed by atoms with Crippen molar-refractivity contribution in [3.63, 3.8) is 0 Å². The van der Waals surface area contributed by atoms with Gasteiger partial charge < -0.3 is 15.1 Å². The summed E-state index contributed by atoms with van der Waals surface area (Å²) in [6, 6.07) is 1.82. The van der Waals surface area contributed by atoms with Crippen molar-refractivity contribution in [3.8, 4) is 0 Å². The zero-order chi connectivity index (χ0) is 14.7. The number of nitrogens with one attached hydrogen (secondary N) is 2. The highest BCUT2D eigenvalue weighted by Gasteiger charge is 2.14. The second-order valence-corrected chi connectivity index (χ2v) is 5.08. The monoisotopic (exact) mass is 275 g/mol. The number of rotatable bonds is 5. The number of hydrogen-bond acceptors (Lipinski definition) is 6. The van der Waals surface area contributed by atoms with E-state index in [0.29, 0.717) is 5.89 Å². The summed E-state index contributed by atoms with van der Waals surface area (Å²) in [6.45, 7) is 8.00. The van der Waals surface area contributed by atoms with Crippen molar-refractivity contribution in [1.29, 1.82) is 0 Å². The molecule has 2 aromatic rings. The van der Waals surface area contributed by atoms with E-state index in [1.807, 2.05) is 27.0 Å². The summed E-state index contributed by atoms with van der Waals surface area (Å²) < 4.78 is 5.52. The Hall–Kier alpha value is -2.11. The molecule has 2 rings (SSSR count). The maximum atomic E-state index is 5.52. The molecule has 0 fully saturated rings. The molecule has 2 heterocycles. The SMILES string of the molecule is CNc1cc(NC(C)c2ncc(C)o2)nc(C(C)C)n1. The van der Waals surface area contributed by atoms with E-state index in [2.05, 4.69) is 39.4 Å². The molecule has 0 aliphatic rings. The molecule has 6 heteroatoms. The quantitative estimate of drug-likeness (QED) is 0.873. The number of aryl methyl sites for hydroxylation is 1. The first-order valence-corrected chi connectivity index (χ1v) is 6.75. The van der Waals surface area contributed by atoms with Crippen molar-refractivity contribution in [2.24, 2.45) is 0 Å². The van der Waals surface area contributed by atoms with Crippen LogP contribution in [0.2, 0.25) is 0 Å². The van der Waals surface area contributed by atoms with Crippen molar-refractivity contribution in [2.75, 3.05) is 17.7 Å². The molecular formula is C14H21N5O. The van der Waals surface area contributed by atoms with Gasteiger partial charge in [-0.05, 0) is 13.8 Å². The molecule has 20 heavy (non-hydrogen) atoms. The van der Waals surface area contributed by atoms with E-state index < -0.39 is 0 Å². The first-order valence-electron chi connectivity index (χ1n) is 6.75. The largest absolute Gasteiger partial charge is 0.444 e. The van der Waals surface area contributed by atoms with Gasteiger partial charge in [0.2, 0.25) is 5.89 Å². The molecule has 6 nitrogen and oxygen atoms in total. The Morgan fingerprint density at radius 3 is 2.40 bits per heavy atom. The fourth-order valence-corrected chi connectivity index (χ4v) is 1.78. The molecule has 0 radical (unpaired) electrons. The Morgan fingerprint density at radius 1 is 1.15 bits per heavy atom. The standard InChI is InChI=1S/C14H21N5O/c1-8(2)13-18-11(15-5)6-12(19-13)17-10(4)14-16-7-9(3)20-14/h6-8,10H,1-5H3,(H2,15,17,18,19). The minimum Gasteiger partial charge on any atom is -0.444 e. The van der Waals surface area contributed by atoms with Crippen molar-refractivity contribution in [2.45, 2.75) is 39.7 Å². The van der Waals surface area contributed by atoms with Gasteiger partial charge in [-0.25, -0.2) is 15.0 Å². The van der Waals surface area contributed by atoms with Gasteiger partial charge in [-0.3, -0.25) is 0 Å². The van der Waals surface area contributed by atoms with Crippen molar-refractivity contribution >= 4 is 11.6 Å². The molecule has 0 aromatic carbocycles. The Balaban J connectivity index is 2.21. The predicted octanol–water partition coefficient (Wildman–Crippen LogP) is 3.11. The highest BCUT2D eigenvalue weighted by molar-refractivity contribution is 5.48. The van der Waals surface area contributed by atoms with Crippen LogP contribution in [0.5, 0.6) is 0 Å². The van der Waals surface area contributed by atoms with Crippen molar-refractivity contribution < 1.29 is 4.42 Å². The number of hydrogen-bond donors (Lipinski definition) is 2. The molecule has 0 aliphatic heterocycles. The number of oxazole rings is 1. The van der Waals surface area contributed by atoms with Crippen LogP contribution in [0.15, 0.2) is 16.7 Å². The van der Waals surface area contributed by atoms with Gasteiger partial charge in [-0.15, -0.1) is 0 Å². The van der Waals surface area contributed by atoms with E-state index in [-0.39, 0.29) is 12.0 Å². The van der Waals surface area contributed by atoms with Gasteiger partial charge in [-0.1, -0.05) is 13.8 Å². The van der Waals surface area contributed by atoms with Crippen LogP contribution in [0.4, 0.5) is 11.6 Å². The van der Waals surface area contributed by atoms with Crippen LogP contribution in [0.1, 0.15) is 50.2 Å². The van der Waals surface area contributed by atoms with Crippen molar-refractivity contribution in [3.05, 3.63) is 29.7 Å². The highest BCUT2D eigenvalue weighted by atomic mass is 16.4. The molecule has 0 aliphatic carbocycles. The van der Waals surface area contributed by atoms with Gasteiger partial charge in [0.05, 0.1) is 6.20 Å². The van der Waals surface area contributed by atoms with Gasteiger partial charge in [0, 0.05) is 19.0 Å². The van der Waals surface area contributed by atoms with E-state index >= 15 is 0 Å². The minimum absolute atomic E-state index is 0.0525. The van der Waals surface area contributed by atoms with Crippen LogP contribution in [0.3, 0.4) is 0 Å². The summed E-state index contributed by atoms with van der Waals surface area (Å²) >= 11 is 0. The summed E-state index contributed by atoms with van der Waals surface area (Å²) in [6.07, 6.45) is 1.71. The van der Waals surface area contributed by atoms with Crippen LogP contribution in [0.25, 0.3) is 0 Å². The van der Waals surface area contributed by atoms with Crippen LogP contribution in [-0.4, -0.2) is 22.0 Å². The lowest BCUT2D eigenvalue weighted by molar-refractivity contribution is 0.453. The summed E-state index contributed by atoms with van der Waals surface area (Å²) in [4.78, 5) is 13.2. The normalized spacial score (nSPS) is 12.5. The van der Waals surface area contributed by atoms with E-state index in [1.165, 1.54) is 0 Å². The third kappa shape index (κ3) is 3.26. The third-order valence-corrected chi connectivity index (χ3v) is 2.89. The fourth-order valence-electron chi connectivity index (χ4n) is 1.78. The summed E-state index contributed by atoms with van der Waals surface area (Å²) in [5.41, 5.74) is 0. The van der Waals surface area contributed by atoms with Crippen LogP contribution < -0.4 is 10.6 Å². The molecule has 0 saturated carbocycles. The predicted molar refractivity (Wildman–Crippen MR) is 78.9 cm³/mol. The Bertz CT molecular complexity index is 579. The molecule has 2 aromatic heterocycles. The molecule has 1 atom stereocenters. The fraction of sp³-hybridized carbons (Fsp3) is 0.500. The summed E-state index contributed by atoms with van der Waals surface area (Å²) in [5.74, 6) is 4.07. The Labute approximate surface area is 119 Å². The van der Waals surface area contributed by atoms with Gasteiger partial charge in [0.1, 0.15) is 29.3 Å². The average Bonchev–Trinajstić information content (AvgIpc) is 2.85. The first kappa shape index (κ1) is 14.3. The third-order valence-electron chi connectivity index (χ3n) is 2.89. The summed E-state index contributed by atoms with van der Waals surface area (Å²) in [5, 5.41) is 6.34. The van der Waals surface area contributed by atoms with Gasteiger partial charge in [-0.2, -0.15) is 0 Å². The second kappa shape index (κ2) is 5.90.